The molecule has 0 fully saturated rings. The average molecular weight is 273 g/mol. The van der Waals surface area contributed by atoms with Crippen molar-refractivity contribution >= 4 is 11.6 Å². The van der Waals surface area contributed by atoms with E-state index in [0.717, 1.165) is 36.9 Å². The predicted molar refractivity (Wildman–Crippen MR) is 75.9 cm³/mol. The molecular weight excluding hydrogens is 257 g/mol. The number of halogens is 1. The molecule has 2 aromatic rings. The normalized spacial score (nSPS) is 13.9. The van der Waals surface area contributed by atoms with Crippen LogP contribution < -0.4 is 10.9 Å². The van der Waals surface area contributed by atoms with Gasteiger partial charge >= 0.3 is 0 Å². The van der Waals surface area contributed by atoms with Crippen molar-refractivity contribution in [3.8, 4) is 0 Å². The van der Waals surface area contributed by atoms with E-state index in [9.17, 15) is 9.18 Å². The highest BCUT2D eigenvalue weighted by Crippen LogP contribution is 2.19. The fourth-order valence-corrected chi connectivity index (χ4v) is 2.47. The third-order valence-corrected chi connectivity index (χ3v) is 3.63. The lowest BCUT2D eigenvalue weighted by Gasteiger charge is -2.15. The molecule has 0 atom stereocenters. The Morgan fingerprint density at radius 3 is 2.90 bits per heavy atom. The topological polar surface area (TPSA) is 57.8 Å². The van der Waals surface area contributed by atoms with E-state index in [1.165, 1.54) is 6.07 Å². The van der Waals surface area contributed by atoms with Crippen molar-refractivity contribution in [1.29, 1.82) is 0 Å². The van der Waals surface area contributed by atoms with Crippen molar-refractivity contribution < 1.29 is 4.39 Å². The van der Waals surface area contributed by atoms with Crippen LogP contribution in [0.3, 0.4) is 0 Å². The second-order valence-electron chi connectivity index (χ2n) is 5.14. The molecule has 104 valence electrons. The van der Waals surface area contributed by atoms with E-state index < -0.39 is 0 Å². The molecule has 20 heavy (non-hydrogen) atoms. The summed E-state index contributed by atoms with van der Waals surface area (Å²) < 4.78 is 13.5. The quantitative estimate of drug-likeness (QED) is 0.884. The highest BCUT2D eigenvalue weighted by molar-refractivity contribution is 5.54. The smallest absolute Gasteiger partial charge is 0.255 e. The molecule has 1 aliphatic carbocycles. The Hall–Kier alpha value is -2.17. The third-order valence-electron chi connectivity index (χ3n) is 3.63. The van der Waals surface area contributed by atoms with Gasteiger partial charge in [-0.3, -0.25) is 9.78 Å². The molecule has 2 N–H and O–H groups in total. The monoisotopic (exact) mass is 273 g/mol. The SMILES string of the molecule is Cc1ccc(Nc2nc3c(c(=O)[nH]2)CCCC3)cc1F. The minimum atomic E-state index is -0.282. The van der Waals surface area contributed by atoms with E-state index in [1.54, 1.807) is 19.1 Å². The molecule has 1 aromatic carbocycles. The van der Waals surface area contributed by atoms with Crippen molar-refractivity contribution in [2.24, 2.45) is 0 Å². The van der Waals surface area contributed by atoms with Gasteiger partial charge in [0.25, 0.3) is 5.56 Å². The van der Waals surface area contributed by atoms with Crippen LogP contribution in [0.25, 0.3) is 0 Å². The van der Waals surface area contributed by atoms with Crippen LogP contribution >= 0.6 is 0 Å². The molecule has 3 rings (SSSR count). The largest absolute Gasteiger partial charge is 0.326 e. The number of fused-ring (bicyclic) bond motifs is 1. The van der Waals surface area contributed by atoms with E-state index >= 15 is 0 Å². The molecule has 5 heteroatoms. The van der Waals surface area contributed by atoms with Gasteiger partial charge in [0.1, 0.15) is 5.82 Å². The number of nitrogens with one attached hydrogen (secondary N) is 2. The molecule has 0 aliphatic heterocycles. The number of rotatable bonds is 2. The molecule has 0 bridgehead atoms. The van der Waals surface area contributed by atoms with Crippen LogP contribution in [-0.2, 0) is 12.8 Å². The molecule has 0 amide bonds. The van der Waals surface area contributed by atoms with Gasteiger partial charge in [-0.25, -0.2) is 9.37 Å². The Kier molecular flexibility index (Phi) is 3.26. The zero-order valence-corrected chi connectivity index (χ0v) is 11.3. The van der Waals surface area contributed by atoms with Gasteiger partial charge in [-0.1, -0.05) is 6.07 Å². The minimum Gasteiger partial charge on any atom is -0.326 e. The standard InChI is InChI=1S/C15H16FN3O/c1-9-6-7-10(8-12(9)16)17-15-18-13-5-3-2-4-11(13)14(20)19-15/h6-8H,2-5H2,1H3,(H2,17,18,19,20). The van der Waals surface area contributed by atoms with Crippen molar-refractivity contribution in [1.82, 2.24) is 9.97 Å². The molecular formula is C15H16FN3O. The maximum Gasteiger partial charge on any atom is 0.255 e. The average Bonchev–Trinajstić information content (AvgIpc) is 2.43. The number of benzene rings is 1. The second-order valence-corrected chi connectivity index (χ2v) is 5.14. The zero-order valence-electron chi connectivity index (χ0n) is 11.3. The maximum atomic E-state index is 13.5. The lowest BCUT2D eigenvalue weighted by Crippen LogP contribution is -2.22. The number of hydrogen-bond acceptors (Lipinski definition) is 3. The fourth-order valence-electron chi connectivity index (χ4n) is 2.47. The summed E-state index contributed by atoms with van der Waals surface area (Å²) in [5, 5.41) is 2.96. The molecule has 0 saturated heterocycles. The molecule has 0 unspecified atom stereocenters. The van der Waals surface area contributed by atoms with Gasteiger partial charge in [0, 0.05) is 11.3 Å². The van der Waals surface area contributed by atoms with E-state index in [4.69, 9.17) is 0 Å². The highest BCUT2D eigenvalue weighted by atomic mass is 19.1. The van der Waals surface area contributed by atoms with Gasteiger partial charge in [0.15, 0.2) is 0 Å². The second kappa shape index (κ2) is 5.07. The number of aryl methyl sites for hydroxylation is 2. The Labute approximate surface area is 116 Å². The first-order chi connectivity index (χ1) is 9.63. The first-order valence-electron chi connectivity index (χ1n) is 6.79. The molecule has 0 spiro atoms. The summed E-state index contributed by atoms with van der Waals surface area (Å²) in [6, 6.07) is 4.85. The summed E-state index contributed by atoms with van der Waals surface area (Å²) in [7, 11) is 0. The molecule has 0 saturated carbocycles. The predicted octanol–water partition coefficient (Wildman–Crippen LogP) is 2.84. The summed E-state index contributed by atoms with van der Waals surface area (Å²) >= 11 is 0. The molecule has 4 nitrogen and oxygen atoms in total. The van der Waals surface area contributed by atoms with Crippen LogP contribution in [0, 0.1) is 12.7 Å². The van der Waals surface area contributed by atoms with Gasteiger partial charge in [0.05, 0.1) is 5.69 Å². The van der Waals surface area contributed by atoms with Gasteiger partial charge in [-0.05, 0) is 50.3 Å². The van der Waals surface area contributed by atoms with E-state index in [2.05, 4.69) is 15.3 Å². The van der Waals surface area contributed by atoms with Crippen molar-refractivity contribution in [2.75, 3.05) is 5.32 Å². The van der Waals surface area contributed by atoms with Crippen molar-refractivity contribution in [3.63, 3.8) is 0 Å². The van der Waals surface area contributed by atoms with Gasteiger partial charge in [-0.2, -0.15) is 0 Å². The van der Waals surface area contributed by atoms with E-state index in [-0.39, 0.29) is 11.4 Å². The first kappa shape index (κ1) is 12.8. The van der Waals surface area contributed by atoms with Gasteiger partial charge < -0.3 is 5.32 Å². The number of H-pyrrole nitrogens is 1. The van der Waals surface area contributed by atoms with Crippen LogP contribution in [0.2, 0.25) is 0 Å². The zero-order chi connectivity index (χ0) is 14.1. The lowest BCUT2D eigenvalue weighted by atomic mass is 9.97. The van der Waals surface area contributed by atoms with E-state index in [1.807, 2.05) is 0 Å². The van der Waals surface area contributed by atoms with Gasteiger partial charge in [-0.15, -0.1) is 0 Å². The molecule has 0 radical (unpaired) electrons. The van der Waals surface area contributed by atoms with Crippen molar-refractivity contribution in [2.45, 2.75) is 32.6 Å². The minimum absolute atomic E-state index is 0.0928. The Balaban J connectivity index is 1.93. The number of aromatic nitrogens is 2. The Morgan fingerprint density at radius 1 is 1.30 bits per heavy atom. The fraction of sp³-hybridized carbons (Fsp3) is 0.333. The van der Waals surface area contributed by atoms with Crippen molar-refractivity contribution in [3.05, 3.63) is 51.2 Å². The third kappa shape index (κ3) is 2.43. The number of hydrogen-bond donors (Lipinski definition) is 2. The Morgan fingerprint density at radius 2 is 2.10 bits per heavy atom. The highest BCUT2D eigenvalue weighted by Gasteiger charge is 2.15. The summed E-state index contributed by atoms with van der Waals surface area (Å²) in [4.78, 5) is 19.1. The summed E-state index contributed by atoms with van der Waals surface area (Å²) in [5.74, 6) is 0.0919. The molecule has 1 aromatic heterocycles. The van der Waals surface area contributed by atoms with Crippen LogP contribution in [-0.4, -0.2) is 9.97 Å². The summed E-state index contributed by atoms with van der Waals surface area (Å²) in [6.07, 6.45) is 3.71. The number of aromatic amines is 1. The van der Waals surface area contributed by atoms with Crippen LogP contribution in [0.4, 0.5) is 16.0 Å². The number of nitrogens with zero attached hydrogens (tertiary/aromatic N) is 1. The Bertz CT molecular complexity index is 709. The molecule has 1 heterocycles. The lowest BCUT2D eigenvalue weighted by molar-refractivity contribution is 0.619. The molecule has 1 aliphatic rings. The van der Waals surface area contributed by atoms with Crippen LogP contribution in [0.1, 0.15) is 29.7 Å². The van der Waals surface area contributed by atoms with E-state index in [0.29, 0.717) is 17.2 Å². The summed E-state index contributed by atoms with van der Waals surface area (Å²) in [5.41, 5.74) is 2.71. The number of anilines is 2. The van der Waals surface area contributed by atoms with Crippen LogP contribution in [0.15, 0.2) is 23.0 Å². The van der Waals surface area contributed by atoms with Crippen LogP contribution in [0.5, 0.6) is 0 Å². The summed E-state index contributed by atoms with van der Waals surface area (Å²) in [6.45, 7) is 1.71. The maximum absolute atomic E-state index is 13.5. The first-order valence-corrected chi connectivity index (χ1v) is 6.79. The van der Waals surface area contributed by atoms with Gasteiger partial charge in [0.2, 0.25) is 5.95 Å².